The number of aliphatic hydroxyl groups is 1. The number of aryl methyl sites for hydroxylation is 2. The predicted molar refractivity (Wildman–Crippen MR) is 105 cm³/mol. The maximum atomic E-state index is 10.4. The van der Waals surface area contributed by atoms with E-state index >= 15 is 0 Å². The first-order valence-corrected chi connectivity index (χ1v) is 9.21. The van der Waals surface area contributed by atoms with E-state index in [1.54, 1.807) is 7.11 Å². The quantitative estimate of drug-likeness (QED) is 0.666. The van der Waals surface area contributed by atoms with Crippen molar-refractivity contribution in [2.75, 3.05) is 12.4 Å². The monoisotopic (exact) mass is 375 g/mol. The molecule has 7 heteroatoms. The molecule has 7 nitrogen and oxygen atoms in total. The zero-order valence-corrected chi connectivity index (χ0v) is 15.6. The van der Waals surface area contributed by atoms with E-state index in [0.717, 1.165) is 24.9 Å². The molecule has 3 aromatic rings. The van der Waals surface area contributed by atoms with Crippen LogP contribution in [0, 0.1) is 11.3 Å². The third-order valence-electron chi connectivity index (χ3n) is 4.94. The average Bonchev–Trinajstić information content (AvgIpc) is 3.08. The Morgan fingerprint density at radius 3 is 2.86 bits per heavy atom. The van der Waals surface area contributed by atoms with Gasteiger partial charge in [0, 0.05) is 0 Å². The third kappa shape index (κ3) is 3.55. The van der Waals surface area contributed by atoms with Crippen LogP contribution in [0.4, 0.5) is 5.69 Å². The Bertz CT molecular complexity index is 1040. The second-order valence-electron chi connectivity index (χ2n) is 6.78. The van der Waals surface area contributed by atoms with Gasteiger partial charge in [-0.05, 0) is 53.6 Å². The van der Waals surface area contributed by atoms with Crippen LogP contribution in [0.15, 0.2) is 42.7 Å². The molecule has 142 valence electrons. The van der Waals surface area contributed by atoms with Gasteiger partial charge in [-0.1, -0.05) is 24.3 Å². The van der Waals surface area contributed by atoms with E-state index in [4.69, 9.17) is 10.00 Å². The molecule has 1 atom stereocenters. The summed E-state index contributed by atoms with van der Waals surface area (Å²) in [6.07, 6.45) is 3.61. The largest absolute Gasteiger partial charge is 0.495 e. The molecule has 4 rings (SSSR count). The zero-order chi connectivity index (χ0) is 19.5. The van der Waals surface area contributed by atoms with Gasteiger partial charge in [0.2, 0.25) is 0 Å². The summed E-state index contributed by atoms with van der Waals surface area (Å²) in [5, 5.41) is 26.3. The molecule has 0 amide bonds. The fourth-order valence-corrected chi connectivity index (χ4v) is 3.67. The van der Waals surface area contributed by atoms with E-state index in [1.165, 1.54) is 33.3 Å². The summed E-state index contributed by atoms with van der Waals surface area (Å²) in [6.45, 7) is 0.164. The molecular weight excluding hydrogens is 354 g/mol. The lowest BCUT2D eigenvalue weighted by atomic mass is 9.96. The van der Waals surface area contributed by atoms with Gasteiger partial charge in [0.1, 0.15) is 24.4 Å². The van der Waals surface area contributed by atoms with Gasteiger partial charge in [-0.2, -0.15) is 5.26 Å². The summed E-state index contributed by atoms with van der Waals surface area (Å²) in [5.41, 5.74) is 5.73. The highest BCUT2D eigenvalue weighted by Gasteiger charge is 2.18. The average molecular weight is 375 g/mol. The van der Waals surface area contributed by atoms with Gasteiger partial charge in [0.25, 0.3) is 5.82 Å². The van der Waals surface area contributed by atoms with Crippen molar-refractivity contribution in [3.63, 3.8) is 0 Å². The number of ether oxygens (including phenoxy) is 1. The first kappa shape index (κ1) is 18.0. The molecule has 0 saturated heterocycles. The van der Waals surface area contributed by atoms with Crippen molar-refractivity contribution in [3.05, 3.63) is 59.7 Å². The minimum atomic E-state index is -0.904. The first-order valence-electron chi connectivity index (χ1n) is 9.21. The fourth-order valence-electron chi connectivity index (χ4n) is 3.67. The van der Waals surface area contributed by atoms with Crippen LogP contribution in [-0.4, -0.2) is 33.2 Å². The number of aliphatic hydroxyl groups excluding tert-OH is 1. The highest BCUT2D eigenvalue weighted by Crippen LogP contribution is 2.38. The molecule has 0 fully saturated rings. The van der Waals surface area contributed by atoms with Crippen LogP contribution in [0.1, 0.15) is 23.4 Å². The summed E-state index contributed by atoms with van der Waals surface area (Å²) in [7, 11) is 1.62. The van der Waals surface area contributed by atoms with Crippen LogP contribution < -0.4 is 10.1 Å². The smallest absolute Gasteiger partial charge is 0.252 e. The van der Waals surface area contributed by atoms with Gasteiger partial charge in [0.15, 0.2) is 0 Å². The fraction of sp³-hybridized carbons (Fsp3) is 0.286. The second-order valence-corrected chi connectivity index (χ2v) is 6.78. The van der Waals surface area contributed by atoms with Crippen LogP contribution in [0.5, 0.6) is 5.75 Å². The Morgan fingerprint density at radius 1 is 1.25 bits per heavy atom. The number of fused-ring (bicyclic) bond motifs is 3. The number of nitrogens with one attached hydrogen (secondary N) is 1. The molecule has 2 aromatic carbocycles. The van der Waals surface area contributed by atoms with Crippen LogP contribution in [0.25, 0.3) is 11.1 Å². The van der Waals surface area contributed by atoms with Gasteiger partial charge in [-0.25, -0.2) is 9.67 Å². The van der Waals surface area contributed by atoms with Gasteiger partial charge in [0.05, 0.1) is 19.3 Å². The summed E-state index contributed by atoms with van der Waals surface area (Å²) in [6, 6.07) is 14.4. The molecule has 0 saturated carbocycles. The highest BCUT2D eigenvalue weighted by molar-refractivity contribution is 5.77. The molecule has 0 bridgehead atoms. The van der Waals surface area contributed by atoms with E-state index < -0.39 is 6.23 Å². The highest BCUT2D eigenvalue weighted by atomic mass is 16.5. The van der Waals surface area contributed by atoms with Crippen LogP contribution >= 0.6 is 0 Å². The maximum Gasteiger partial charge on any atom is 0.252 e. The number of methoxy groups -OCH3 is 1. The number of hydrogen-bond acceptors (Lipinski definition) is 6. The van der Waals surface area contributed by atoms with Gasteiger partial charge < -0.3 is 15.2 Å². The summed E-state index contributed by atoms with van der Waals surface area (Å²) < 4.78 is 7.02. The van der Waals surface area contributed by atoms with Crippen molar-refractivity contribution in [1.82, 2.24) is 14.8 Å². The number of nitrogens with zero attached hydrogens (tertiary/aromatic N) is 4. The second kappa shape index (κ2) is 7.71. The van der Waals surface area contributed by atoms with Crippen LogP contribution in [0.3, 0.4) is 0 Å². The van der Waals surface area contributed by atoms with Crippen LogP contribution in [-0.2, 0) is 19.4 Å². The normalized spacial score (nSPS) is 13.6. The van der Waals surface area contributed by atoms with E-state index in [2.05, 4.69) is 45.7 Å². The zero-order valence-electron chi connectivity index (χ0n) is 15.6. The van der Waals surface area contributed by atoms with E-state index in [-0.39, 0.29) is 12.4 Å². The standard InChI is InChI=1S/C21H21N5O2/c1-28-19-10-17-15(7-4-6-14-5-2-3-8-16(14)17)9-18(19)24-21(27)12-26-13-23-20(11-22)25-26/h2-3,5,8-10,13,21,24,27H,4,6-7,12H2,1H3. The number of hydrogen-bond donors (Lipinski definition) is 2. The molecule has 0 radical (unpaired) electrons. The van der Waals surface area contributed by atoms with Gasteiger partial charge in [-0.3, -0.25) is 0 Å². The molecule has 1 aromatic heterocycles. The van der Waals surface area contributed by atoms with Crippen molar-refractivity contribution in [1.29, 1.82) is 5.26 Å². The van der Waals surface area contributed by atoms with E-state index in [1.807, 2.05) is 12.1 Å². The van der Waals surface area contributed by atoms with Crippen molar-refractivity contribution < 1.29 is 9.84 Å². The van der Waals surface area contributed by atoms with Crippen molar-refractivity contribution in [3.8, 4) is 22.9 Å². The maximum absolute atomic E-state index is 10.4. The Hall–Kier alpha value is -3.37. The Kier molecular flexibility index (Phi) is 4.96. The molecule has 1 aliphatic rings. The lowest BCUT2D eigenvalue weighted by Crippen LogP contribution is -2.25. The predicted octanol–water partition coefficient (Wildman–Crippen LogP) is 2.74. The minimum absolute atomic E-state index is 0.0773. The molecule has 1 aliphatic carbocycles. The van der Waals surface area contributed by atoms with Crippen molar-refractivity contribution in [2.45, 2.75) is 32.0 Å². The number of aromatic nitrogens is 3. The van der Waals surface area contributed by atoms with Crippen molar-refractivity contribution >= 4 is 5.69 Å². The number of rotatable bonds is 5. The molecule has 0 aliphatic heterocycles. The summed E-state index contributed by atoms with van der Waals surface area (Å²) in [5.74, 6) is 0.749. The third-order valence-corrected chi connectivity index (χ3v) is 4.94. The van der Waals surface area contributed by atoms with Crippen molar-refractivity contribution in [2.24, 2.45) is 0 Å². The Morgan fingerprint density at radius 2 is 2.07 bits per heavy atom. The topological polar surface area (TPSA) is 96.0 Å². The molecule has 0 spiro atoms. The lowest BCUT2D eigenvalue weighted by molar-refractivity contribution is 0.176. The van der Waals surface area contributed by atoms with Gasteiger partial charge >= 0.3 is 0 Å². The summed E-state index contributed by atoms with van der Waals surface area (Å²) >= 11 is 0. The molecule has 1 heterocycles. The number of anilines is 1. The number of nitriles is 1. The molecule has 2 N–H and O–H groups in total. The number of benzene rings is 2. The lowest BCUT2D eigenvalue weighted by Gasteiger charge is -2.19. The SMILES string of the molecule is COc1cc2c(cc1NC(O)Cn1cnc(C#N)n1)CCCc1ccccc1-2. The summed E-state index contributed by atoms with van der Waals surface area (Å²) in [4.78, 5) is 3.85. The Balaban J connectivity index is 1.62. The minimum Gasteiger partial charge on any atom is -0.495 e. The molecule has 28 heavy (non-hydrogen) atoms. The molecular formula is C21H21N5O2. The van der Waals surface area contributed by atoms with E-state index in [9.17, 15) is 5.11 Å². The van der Waals surface area contributed by atoms with E-state index in [0.29, 0.717) is 5.75 Å². The molecule has 1 unspecified atom stereocenters. The van der Waals surface area contributed by atoms with Crippen LogP contribution in [0.2, 0.25) is 0 Å². The van der Waals surface area contributed by atoms with Gasteiger partial charge in [-0.15, -0.1) is 5.10 Å². The Labute approximate surface area is 163 Å². The first-order chi connectivity index (χ1) is 13.7.